The van der Waals surface area contributed by atoms with Crippen molar-refractivity contribution < 1.29 is 9.21 Å². The van der Waals surface area contributed by atoms with Gasteiger partial charge in [-0.15, -0.1) is 0 Å². The van der Waals surface area contributed by atoms with Crippen LogP contribution in [0.15, 0.2) is 16.8 Å². The number of oxazole rings is 1. The highest BCUT2D eigenvalue weighted by atomic mass is 16.4. The van der Waals surface area contributed by atoms with Crippen LogP contribution in [-0.4, -0.2) is 26.3 Å². The summed E-state index contributed by atoms with van der Waals surface area (Å²) in [6.45, 7) is 2.21. The molecule has 0 atom stereocenters. The van der Waals surface area contributed by atoms with Crippen LogP contribution in [0.1, 0.15) is 29.1 Å². The fourth-order valence-electron chi connectivity index (χ4n) is 1.15. The van der Waals surface area contributed by atoms with Gasteiger partial charge in [-0.05, 0) is 0 Å². The number of rotatable bonds is 4. The minimum Gasteiger partial charge on any atom is -0.444 e. The van der Waals surface area contributed by atoms with E-state index in [1.807, 2.05) is 6.92 Å². The molecule has 84 valence electrons. The van der Waals surface area contributed by atoms with Gasteiger partial charge in [0.1, 0.15) is 5.76 Å². The van der Waals surface area contributed by atoms with Crippen molar-refractivity contribution in [1.29, 1.82) is 0 Å². The van der Waals surface area contributed by atoms with Gasteiger partial charge in [-0.2, -0.15) is 15.4 Å². The highest BCUT2D eigenvalue weighted by Crippen LogP contribution is 2.03. The van der Waals surface area contributed by atoms with Crippen molar-refractivity contribution in [3.8, 4) is 0 Å². The first-order chi connectivity index (χ1) is 7.79. The fraction of sp³-hybridized carbons (Fsp3) is 0.333. The molecule has 1 amide bonds. The lowest BCUT2D eigenvalue weighted by atomic mass is 10.4. The topological polar surface area (TPSA) is 96.7 Å². The average molecular weight is 221 g/mol. The summed E-state index contributed by atoms with van der Waals surface area (Å²) in [5.74, 6) is 0.962. The normalized spacial score (nSPS) is 10.3. The Morgan fingerprint density at radius 3 is 3.06 bits per heavy atom. The van der Waals surface area contributed by atoms with Gasteiger partial charge >= 0.3 is 0 Å². The van der Waals surface area contributed by atoms with E-state index in [4.69, 9.17) is 4.42 Å². The van der Waals surface area contributed by atoms with E-state index in [0.717, 1.165) is 12.2 Å². The second-order valence-corrected chi connectivity index (χ2v) is 3.11. The number of H-pyrrole nitrogens is 1. The summed E-state index contributed by atoms with van der Waals surface area (Å²) in [6.07, 6.45) is 3.78. The number of nitrogens with zero attached hydrogens (tertiary/aromatic N) is 3. The molecule has 0 aliphatic heterocycles. The van der Waals surface area contributed by atoms with Gasteiger partial charge in [0.05, 0.1) is 18.9 Å². The third kappa shape index (κ3) is 2.25. The maximum atomic E-state index is 11.5. The number of carbonyl (C=O) groups is 1. The molecule has 0 aliphatic carbocycles. The maximum Gasteiger partial charge on any atom is 0.273 e. The summed E-state index contributed by atoms with van der Waals surface area (Å²) < 4.78 is 5.33. The fourth-order valence-corrected chi connectivity index (χ4v) is 1.15. The van der Waals surface area contributed by atoms with Crippen LogP contribution in [0.4, 0.5) is 0 Å². The Morgan fingerprint density at radius 1 is 1.56 bits per heavy atom. The molecular weight excluding hydrogens is 210 g/mol. The van der Waals surface area contributed by atoms with Crippen LogP contribution >= 0.6 is 0 Å². The predicted molar refractivity (Wildman–Crippen MR) is 53.4 cm³/mol. The molecule has 16 heavy (non-hydrogen) atoms. The van der Waals surface area contributed by atoms with E-state index in [9.17, 15) is 4.79 Å². The smallest absolute Gasteiger partial charge is 0.273 e. The molecule has 0 aromatic carbocycles. The number of aryl methyl sites for hydroxylation is 1. The molecular formula is C9H11N5O2. The molecule has 2 aromatic heterocycles. The number of amides is 1. The zero-order valence-electron chi connectivity index (χ0n) is 8.73. The Morgan fingerprint density at radius 2 is 2.44 bits per heavy atom. The summed E-state index contributed by atoms with van der Waals surface area (Å²) in [5.41, 5.74) is 0.238. The summed E-state index contributed by atoms with van der Waals surface area (Å²) >= 11 is 0. The summed E-state index contributed by atoms with van der Waals surface area (Å²) in [7, 11) is 0. The van der Waals surface area contributed by atoms with Gasteiger partial charge in [0, 0.05) is 6.42 Å². The highest BCUT2D eigenvalue weighted by molar-refractivity contribution is 5.91. The first-order valence-electron chi connectivity index (χ1n) is 4.87. The summed E-state index contributed by atoms with van der Waals surface area (Å²) in [6, 6.07) is 0. The lowest BCUT2D eigenvalue weighted by Gasteiger charge is -1.98. The zero-order valence-corrected chi connectivity index (χ0v) is 8.73. The number of carbonyl (C=O) groups excluding carboxylic acids is 1. The van der Waals surface area contributed by atoms with Crippen molar-refractivity contribution in [2.75, 3.05) is 0 Å². The number of aromatic amines is 1. The third-order valence-electron chi connectivity index (χ3n) is 2.00. The number of hydrogen-bond donors (Lipinski definition) is 2. The number of aromatic nitrogens is 4. The standard InChI is InChI=1S/C9H11N5O2/c1-2-6-3-10-8(16-6)5-11-9(15)7-4-12-14-13-7/h3-4H,2,5H2,1H3,(H,11,15)(H,12,13,14). The molecule has 0 fully saturated rings. The SMILES string of the molecule is CCc1cnc(CNC(=O)c2cn[nH]n2)o1. The zero-order chi connectivity index (χ0) is 11.4. The van der Waals surface area contributed by atoms with Gasteiger partial charge in [-0.1, -0.05) is 6.92 Å². The van der Waals surface area contributed by atoms with Crippen LogP contribution in [-0.2, 0) is 13.0 Å². The Kier molecular flexibility index (Phi) is 2.95. The van der Waals surface area contributed by atoms with Crippen molar-refractivity contribution in [1.82, 2.24) is 25.7 Å². The molecule has 0 unspecified atom stereocenters. The van der Waals surface area contributed by atoms with Gasteiger partial charge in [0.25, 0.3) is 5.91 Å². The van der Waals surface area contributed by atoms with Crippen molar-refractivity contribution >= 4 is 5.91 Å². The molecule has 7 nitrogen and oxygen atoms in total. The van der Waals surface area contributed by atoms with Crippen molar-refractivity contribution in [2.45, 2.75) is 19.9 Å². The van der Waals surface area contributed by atoms with Crippen LogP contribution in [0.5, 0.6) is 0 Å². The molecule has 0 saturated carbocycles. The number of hydrogen-bond acceptors (Lipinski definition) is 5. The van der Waals surface area contributed by atoms with Crippen molar-refractivity contribution in [3.05, 3.63) is 29.7 Å². The molecule has 2 aromatic rings. The van der Waals surface area contributed by atoms with Crippen LogP contribution in [0.3, 0.4) is 0 Å². The summed E-state index contributed by atoms with van der Waals surface area (Å²) in [5, 5.41) is 12.2. The molecule has 0 saturated heterocycles. The van der Waals surface area contributed by atoms with Crippen LogP contribution < -0.4 is 5.32 Å². The monoisotopic (exact) mass is 221 g/mol. The van der Waals surface area contributed by atoms with Gasteiger partial charge < -0.3 is 9.73 Å². The van der Waals surface area contributed by atoms with Gasteiger partial charge in [-0.3, -0.25) is 4.79 Å². The molecule has 2 heterocycles. The van der Waals surface area contributed by atoms with Gasteiger partial charge in [0.2, 0.25) is 5.89 Å². The molecule has 0 aliphatic rings. The van der Waals surface area contributed by atoms with E-state index >= 15 is 0 Å². The van der Waals surface area contributed by atoms with Crippen molar-refractivity contribution in [3.63, 3.8) is 0 Å². The second kappa shape index (κ2) is 4.56. The highest BCUT2D eigenvalue weighted by Gasteiger charge is 2.09. The van der Waals surface area contributed by atoms with E-state index < -0.39 is 0 Å². The molecule has 0 bridgehead atoms. The lowest BCUT2D eigenvalue weighted by molar-refractivity contribution is 0.0942. The van der Waals surface area contributed by atoms with Crippen LogP contribution in [0.2, 0.25) is 0 Å². The molecule has 0 radical (unpaired) electrons. The Labute approximate surface area is 91.3 Å². The first-order valence-corrected chi connectivity index (χ1v) is 4.87. The largest absolute Gasteiger partial charge is 0.444 e. The third-order valence-corrected chi connectivity index (χ3v) is 2.00. The van der Waals surface area contributed by atoms with E-state index in [1.165, 1.54) is 6.20 Å². The van der Waals surface area contributed by atoms with Crippen LogP contribution in [0, 0.1) is 0 Å². The molecule has 7 heteroatoms. The second-order valence-electron chi connectivity index (χ2n) is 3.11. The molecule has 2 rings (SSSR count). The van der Waals surface area contributed by atoms with Crippen molar-refractivity contribution in [2.24, 2.45) is 0 Å². The first kappa shape index (κ1) is 10.3. The minimum atomic E-state index is -0.315. The lowest BCUT2D eigenvalue weighted by Crippen LogP contribution is -2.23. The van der Waals surface area contributed by atoms with E-state index in [2.05, 4.69) is 25.7 Å². The van der Waals surface area contributed by atoms with Gasteiger partial charge in [0.15, 0.2) is 5.69 Å². The summed E-state index contributed by atoms with van der Waals surface area (Å²) in [4.78, 5) is 15.5. The average Bonchev–Trinajstić information content (AvgIpc) is 2.96. The minimum absolute atomic E-state index is 0.238. The molecule has 0 spiro atoms. The van der Waals surface area contributed by atoms with Gasteiger partial charge in [-0.25, -0.2) is 4.98 Å². The Hall–Kier alpha value is -2.18. The number of nitrogens with one attached hydrogen (secondary N) is 2. The van der Waals surface area contributed by atoms with E-state index in [1.54, 1.807) is 6.20 Å². The van der Waals surface area contributed by atoms with E-state index in [0.29, 0.717) is 5.89 Å². The Balaban J connectivity index is 1.90. The molecule has 2 N–H and O–H groups in total. The Bertz CT molecular complexity index is 462. The quantitative estimate of drug-likeness (QED) is 0.773. The van der Waals surface area contributed by atoms with Crippen LogP contribution in [0.25, 0.3) is 0 Å². The van der Waals surface area contributed by atoms with E-state index in [-0.39, 0.29) is 18.1 Å². The predicted octanol–water partition coefficient (Wildman–Crippen LogP) is 0.285. The maximum absolute atomic E-state index is 11.5.